The van der Waals surface area contributed by atoms with Gasteiger partial charge in [-0.3, -0.25) is 4.72 Å². The number of benzene rings is 2. The lowest BCUT2D eigenvalue weighted by atomic mass is 10.0. The Morgan fingerprint density at radius 2 is 1.82 bits per heavy atom. The number of rotatable bonds is 5. The van der Waals surface area contributed by atoms with Crippen LogP contribution in [0.15, 0.2) is 47.4 Å². The Kier molecular flexibility index (Phi) is 4.98. The van der Waals surface area contributed by atoms with E-state index in [1.54, 1.807) is 12.1 Å². The molecule has 0 spiro atoms. The molecule has 4 nitrogen and oxygen atoms in total. The molecule has 0 amide bonds. The van der Waals surface area contributed by atoms with E-state index in [-0.39, 0.29) is 15.8 Å². The van der Waals surface area contributed by atoms with E-state index in [0.29, 0.717) is 11.4 Å². The molecular formula is C16H18ClNO3S. The van der Waals surface area contributed by atoms with Gasteiger partial charge in [0.25, 0.3) is 10.0 Å². The van der Waals surface area contributed by atoms with Crippen LogP contribution in [0.4, 0.5) is 5.69 Å². The van der Waals surface area contributed by atoms with Crippen molar-refractivity contribution < 1.29 is 13.2 Å². The third-order valence-corrected chi connectivity index (χ3v) is 4.92. The van der Waals surface area contributed by atoms with Gasteiger partial charge in [-0.15, -0.1) is 0 Å². The maximum atomic E-state index is 12.5. The van der Waals surface area contributed by atoms with Crippen molar-refractivity contribution in [1.29, 1.82) is 0 Å². The highest BCUT2D eigenvalue weighted by Crippen LogP contribution is 2.29. The summed E-state index contributed by atoms with van der Waals surface area (Å²) in [5, 5.41) is 0.252. The van der Waals surface area contributed by atoms with Gasteiger partial charge in [-0.2, -0.15) is 0 Å². The molecule has 0 aliphatic rings. The van der Waals surface area contributed by atoms with Crippen LogP contribution in [0.5, 0.6) is 5.75 Å². The number of methoxy groups -OCH3 is 1. The molecule has 0 heterocycles. The zero-order valence-corrected chi connectivity index (χ0v) is 14.2. The molecule has 2 rings (SSSR count). The summed E-state index contributed by atoms with van der Waals surface area (Å²) in [6.45, 7) is 4.02. The lowest BCUT2D eigenvalue weighted by Gasteiger charge is -2.15. The Bertz CT molecular complexity index is 773. The molecule has 1 N–H and O–H groups in total. The summed E-state index contributed by atoms with van der Waals surface area (Å²) < 4.78 is 32.7. The zero-order chi connectivity index (χ0) is 16.3. The second-order valence-corrected chi connectivity index (χ2v) is 7.23. The SMILES string of the molecule is COc1ccc(S(=O)(=O)Nc2ccccc2C(C)C)cc1Cl. The number of ether oxygens (including phenoxy) is 1. The van der Waals surface area contributed by atoms with E-state index in [1.165, 1.54) is 25.3 Å². The second kappa shape index (κ2) is 6.58. The predicted molar refractivity (Wildman–Crippen MR) is 89.3 cm³/mol. The normalized spacial score (nSPS) is 11.5. The largest absolute Gasteiger partial charge is 0.495 e. The Hall–Kier alpha value is -1.72. The highest BCUT2D eigenvalue weighted by atomic mass is 35.5. The number of anilines is 1. The molecule has 22 heavy (non-hydrogen) atoms. The maximum Gasteiger partial charge on any atom is 0.261 e. The quantitative estimate of drug-likeness (QED) is 0.884. The molecule has 0 saturated carbocycles. The van der Waals surface area contributed by atoms with Gasteiger partial charge >= 0.3 is 0 Å². The van der Waals surface area contributed by atoms with Crippen molar-refractivity contribution >= 4 is 27.3 Å². The minimum atomic E-state index is -3.71. The lowest BCUT2D eigenvalue weighted by molar-refractivity contribution is 0.414. The van der Waals surface area contributed by atoms with Gasteiger partial charge in [-0.05, 0) is 35.7 Å². The van der Waals surface area contributed by atoms with Crippen molar-refractivity contribution in [3.8, 4) is 5.75 Å². The van der Waals surface area contributed by atoms with Crippen molar-refractivity contribution in [3.63, 3.8) is 0 Å². The molecule has 0 fully saturated rings. The molecule has 0 aliphatic heterocycles. The predicted octanol–water partition coefficient (Wildman–Crippen LogP) is 4.27. The number of para-hydroxylation sites is 1. The van der Waals surface area contributed by atoms with Crippen molar-refractivity contribution in [2.24, 2.45) is 0 Å². The summed E-state index contributed by atoms with van der Waals surface area (Å²) in [6, 6.07) is 11.7. The Balaban J connectivity index is 2.38. The lowest BCUT2D eigenvalue weighted by Crippen LogP contribution is -2.14. The monoisotopic (exact) mass is 339 g/mol. The van der Waals surface area contributed by atoms with Crippen LogP contribution in [0, 0.1) is 0 Å². The third-order valence-electron chi connectivity index (χ3n) is 3.26. The fourth-order valence-corrected chi connectivity index (χ4v) is 3.55. The molecule has 0 unspecified atom stereocenters. The average Bonchev–Trinajstić information content (AvgIpc) is 2.47. The van der Waals surface area contributed by atoms with Crippen LogP contribution in [0.2, 0.25) is 5.02 Å². The molecule has 0 radical (unpaired) electrons. The van der Waals surface area contributed by atoms with Crippen molar-refractivity contribution in [3.05, 3.63) is 53.1 Å². The van der Waals surface area contributed by atoms with Gasteiger partial charge in [0.1, 0.15) is 5.75 Å². The summed E-state index contributed by atoms with van der Waals surface area (Å²) in [5.74, 6) is 0.640. The van der Waals surface area contributed by atoms with E-state index in [1.807, 2.05) is 26.0 Å². The summed E-state index contributed by atoms with van der Waals surface area (Å²) in [5.41, 5.74) is 1.51. The van der Waals surface area contributed by atoms with Crippen molar-refractivity contribution in [2.45, 2.75) is 24.7 Å². The number of hydrogen-bond acceptors (Lipinski definition) is 3. The Morgan fingerprint density at radius 1 is 1.14 bits per heavy atom. The van der Waals surface area contributed by atoms with Crippen LogP contribution >= 0.6 is 11.6 Å². The Morgan fingerprint density at radius 3 is 2.41 bits per heavy atom. The summed E-state index contributed by atoms with van der Waals surface area (Å²) >= 11 is 6.00. The summed E-state index contributed by atoms with van der Waals surface area (Å²) in [7, 11) is -2.23. The van der Waals surface area contributed by atoms with Crippen LogP contribution in [0.25, 0.3) is 0 Å². The highest BCUT2D eigenvalue weighted by molar-refractivity contribution is 7.92. The first-order valence-corrected chi connectivity index (χ1v) is 8.66. The standard InChI is InChI=1S/C16H18ClNO3S/c1-11(2)13-6-4-5-7-15(13)18-22(19,20)12-8-9-16(21-3)14(17)10-12/h4-11,18H,1-3H3. The number of hydrogen-bond donors (Lipinski definition) is 1. The molecule has 2 aromatic carbocycles. The fourth-order valence-electron chi connectivity index (χ4n) is 2.11. The molecular weight excluding hydrogens is 322 g/mol. The van der Waals surface area contributed by atoms with Gasteiger partial charge in [0.05, 0.1) is 22.7 Å². The Labute approximate surface area is 136 Å². The zero-order valence-electron chi connectivity index (χ0n) is 12.6. The van der Waals surface area contributed by atoms with E-state index < -0.39 is 10.0 Å². The molecule has 0 aliphatic carbocycles. The van der Waals surface area contributed by atoms with E-state index in [0.717, 1.165) is 5.56 Å². The minimum Gasteiger partial charge on any atom is -0.495 e. The van der Waals surface area contributed by atoms with Crippen molar-refractivity contribution in [1.82, 2.24) is 0 Å². The van der Waals surface area contributed by atoms with E-state index >= 15 is 0 Å². The van der Waals surface area contributed by atoms with Gasteiger partial charge in [0.2, 0.25) is 0 Å². The van der Waals surface area contributed by atoms with Crippen LogP contribution < -0.4 is 9.46 Å². The van der Waals surface area contributed by atoms with E-state index in [9.17, 15) is 8.42 Å². The molecule has 0 bridgehead atoms. The van der Waals surface area contributed by atoms with E-state index in [4.69, 9.17) is 16.3 Å². The number of sulfonamides is 1. The van der Waals surface area contributed by atoms with Gasteiger partial charge in [-0.1, -0.05) is 43.6 Å². The molecule has 118 valence electrons. The summed E-state index contributed by atoms with van der Waals surface area (Å²) in [6.07, 6.45) is 0. The molecule has 0 aromatic heterocycles. The summed E-state index contributed by atoms with van der Waals surface area (Å²) in [4.78, 5) is 0.0943. The first-order chi connectivity index (χ1) is 10.3. The molecule has 0 saturated heterocycles. The van der Waals surface area contributed by atoms with Crippen LogP contribution in [-0.4, -0.2) is 15.5 Å². The molecule has 2 aromatic rings. The van der Waals surface area contributed by atoms with Crippen LogP contribution in [-0.2, 0) is 10.0 Å². The minimum absolute atomic E-state index is 0.0943. The van der Waals surface area contributed by atoms with Crippen molar-refractivity contribution in [2.75, 3.05) is 11.8 Å². The third kappa shape index (κ3) is 3.54. The highest BCUT2D eigenvalue weighted by Gasteiger charge is 2.18. The average molecular weight is 340 g/mol. The first-order valence-electron chi connectivity index (χ1n) is 6.80. The van der Waals surface area contributed by atoms with Gasteiger partial charge in [-0.25, -0.2) is 8.42 Å². The van der Waals surface area contributed by atoms with Gasteiger partial charge < -0.3 is 4.74 Å². The number of nitrogens with one attached hydrogen (secondary N) is 1. The van der Waals surface area contributed by atoms with Gasteiger partial charge in [0.15, 0.2) is 0 Å². The number of halogens is 1. The smallest absolute Gasteiger partial charge is 0.261 e. The first kappa shape index (κ1) is 16.6. The maximum absolute atomic E-state index is 12.5. The molecule has 6 heteroatoms. The van der Waals surface area contributed by atoms with Crippen LogP contribution in [0.3, 0.4) is 0 Å². The van der Waals surface area contributed by atoms with E-state index in [2.05, 4.69) is 4.72 Å². The van der Waals surface area contributed by atoms with Gasteiger partial charge in [0, 0.05) is 0 Å². The van der Waals surface area contributed by atoms with Crippen LogP contribution in [0.1, 0.15) is 25.3 Å². The second-order valence-electron chi connectivity index (χ2n) is 5.14. The fraction of sp³-hybridized carbons (Fsp3) is 0.250. The topological polar surface area (TPSA) is 55.4 Å². The molecule has 0 atom stereocenters.